The van der Waals surface area contributed by atoms with Crippen molar-refractivity contribution in [3.05, 3.63) is 35.4 Å². The minimum absolute atomic E-state index is 0.0706. The SMILES string of the molecule is CC(C)(Br)C(=O)N(Cc1ccc(F)cc1F)C1CC1. The van der Waals surface area contributed by atoms with Crippen LogP contribution in [0.4, 0.5) is 8.78 Å². The predicted octanol–water partition coefficient (Wildman–Crippen LogP) is 3.63. The van der Waals surface area contributed by atoms with E-state index in [1.807, 2.05) is 0 Å². The van der Waals surface area contributed by atoms with E-state index in [0.717, 1.165) is 18.9 Å². The maximum absolute atomic E-state index is 13.7. The number of amides is 1. The first kappa shape index (κ1) is 14.4. The van der Waals surface area contributed by atoms with Crippen molar-refractivity contribution in [1.82, 2.24) is 4.90 Å². The average molecular weight is 332 g/mol. The van der Waals surface area contributed by atoms with Crippen molar-refractivity contribution in [1.29, 1.82) is 0 Å². The molecule has 0 radical (unpaired) electrons. The summed E-state index contributed by atoms with van der Waals surface area (Å²) in [4.78, 5) is 14.0. The Labute approximate surface area is 119 Å². The molecule has 0 saturated heterocycles. The summed E-state index contributed by atoms with van der Waals surface area (Å²) in [6.07, 6.45) is 1.88. The van der Waals surface area contributed by atoms with Crippen molar-refractivity contribution in [3.63, 3.8) is 0 Å². The molecule has 0 aliphatic heterocycles. The van der Waals surface area contributed by atoms with Gasteiger partial charge in [0, 0.05) is 24.2 Å². The number of hydrogen-bond donors (Lipinski definition) is 0. The van der Waals surface area contributed by atoms with E-state index < -0.39 is 16.0 Å². The van der Waals surface area contributed by atoms with Crippen LogP contribution < -0.4 is 0 Å². The third kappa shape index (κ3) is 3.53. The predicted molar refractivity (Wildman–Crippen MR) is 72.9 cm³/mol. The molecule has 19 heavy (non-hydrogen) atoms. The van der Waals surface area contributed by atoms with E-state index in [9.17, 15) is 13.6 Å². The van der Waals surface area contributed by atoms with Crippen molar-refractivity contribution in [2.45, 2.75) is 43.6 Å². The lowest BCUT2D eigenvalue weighted by molar-refractivity contribution is -0.134. The highest BCUT2D eigenvalue weighted by atomic mass is 79.9. The molecule has 1 aliphatic rings. The number of nitrogens with zero attached hydrogens (tertiary/aromatic N) is 1. The molecule has 0 spiro atoms. The topological polar surface area (TPSA) is 20.3 Å². The third-order valence-electron chi connectivity index (χ3n) is 3.11. The van der Waals surface area contributed by atoms with Crippen molar-refractivity contribution in [2.75, 3.05) is 0 Å². The average Bonchev–Trinajstić information content (AvgIpc) is 3.10. The second-order valence-electron chi connectivity index (χ2n) is 5.37. The van der Waals surface area contributed by atoms with Gasteiger partial charge in [-0.2, -0.15) is 0 Å². The van der Waals surface area contributed by atoms with Crippen LogP contribution in [0.15, 0.2) is 18.2 Å². The lowest BCUT2D eigenvalue weighted by Crippen LogP contribution is -2.42. The standard InChI is InChI=1S/C14H16BrF2NO/c1-14(2,15)13(19)18(11-5-6-11)8-9-3-4-10(16)7-12(9)17/h3-4,7,11H,5-6,8H2,1-2H3. The number of alkyl halides is 1. The Morgan fingerprint density at radius 2 is 2.05 bits per heavy atom. The van der Waals surface area contributed by atoms with Crippen molar-refractivity contribution in [3.8, 4) is 0 Å². The Bertz CT molecular complexity index is 495. The van der Waals surface area contributed by atoms with Crippen LogP contribution in [0, 0.1) is 11.6 Å². The summed E-state index contributed by atoms with van der Waals surface area (Å²) in [7, 11) is 0. The highest BCUT2D eigenvalue weighted by molar-refractivity contribution is 9.10. The van der Waals surface area contributed by atoms with Gasteiger partial charge in [-0.05, 0) is 32.8 Å². The zero-order chi connectivity index (χ0) is 14.2. The summed E-state index contributed by atoms with van der Waals surface area (Å²) in [5.74, 6) is -1.28. The summed E-state index contributed by atoms with van der Waals surface area (Å²) >= 11 is 3.34. The Morgan fingerprint density at radius 1 is 1.42 bits per heavy atom. The van der Waals surface area contributed by atoms with E-state index in [4.69, 9.17) is 0 Å². The number of carbonyl (C=O) groups is 1. The fraction of sp³-hybridized carbons (Fsp3) is 0.500. The fourth-order valence-corrected chi connectivity index (χ4v) is 2.16. The van der Waals surface area contributed by atoms with Crippen LogP contribution in [0.2, 0.25) is 0 Å². The largest absolute Gasteiger partial charge is 0.334 e. The van der Waals surface area contributed by atoms with Crippen LogP contribution in [0.3, 0.4) is 0 Å². The van der Waals surface area contributed by atoms with Gasteiger partial charge in [-0.3, -0.25) is 4.79 Å². The molecule has 1 aromatic carbocycles. The van der Waals surface area contributed by atoms with Crippen molar-refractivity contribution >= 4 is 21.8 Å². The number of hydrogen-bond acceptors (Lipinski definition) is 1. The molecule has 0 unspecified atom stereocenters. The van der Waals surface area contributed by atoms with Crippen LogP contribution in [-0.2, 0) is 11.3 Å². The molecule has 0 aromatic heterocycles. The van der Waals surface area contributed by atoms with Crippen LogP contribution >= 0.6 is 15.9 Å². The second kappa shape index (κ2) is 5.19. The lowest BCUT2D eigenvalue weighted by Gasteiger charge is -2.28. The lowest BCUT2D eigenvalue weighted by atomic mass is 10.1. The summed E-state index contributed by atoms with van der Waals surface area (Å²) in [6.45, 7) is 3.72. The van der Waals surface area contributed by atoms with E-state index in [1.54, 1.807) is 18.7 Å². The molecule has 1 saturated carbocycles. The van der Waals surface area contributed by atoms with Gasteiger partial charge in [-0.1, -0.05) is 22.0 Å². The Balaban J connectivity index is 2.20. The third-order valence-corrected chi connectivity index (χ3v) is 3.45. The van der Waals surface area contributed by atoms with Gasteiger partial charge in [0.15, 0.2) is 0 Å². The minimum atomic E-state index is -0.675. The zero-order valence-corrected chi connectivity index (χ0v) is 12.5. The van der Waals surface area contributed by atoms with E-state index in [-0.39, 0.29) is 18.5 Å². The van der Waals surface area contributed by atoms with Gasteiger partial charge < -0.3 is 4.90 Å². The van der Waals surface area contributed by atoms with Crippen LogP contribution in [-0.4, -0.2) is 21.2 Å². The number of benzene rings is 1. The molecular formula is C14H16BrF2NO. The van der Waals surface area contributed by atoms with Crippen molar-refractivity contribution in [2.24, 2.45) is 0 Å². The molecule has 104 valence electrons. The Hall–Kier alpha value is -0.970. The molecule has 2 nitrogen and oxygen atoms in total. The maximum Gasteiger partial charge on any atom is 0.239 e. The minimum Gasteiger partial charge on any atom is -0.334 e. The number of halogens is 3. The maximum atomic E-state index is 13.7. The Kier molecular flexibility index (Phi) is 3.95. The summed E-state index contributed by atoms with van der Waals surface area (Å²) in [5.41, 5.74) is 0.346. The summed E-state index contributed by atoms with van der Waals surface area (Å²) in [6, 6.07) is 3.64. The molecule has 1 aromatic rings. The van der Waals surface area contributed by atoms with Crippen LogP contribution in [0.1, 0.15) is 32.3 Å². The molecule has 1 aliphatic carbocycles. The second-order valence-corrected chi connectivity index (χ2v) is 7.35. The zero-order valence-electron chi connectivity index (χ0n) is 10.9. The van der Waals surface area contributed by atoms with Gasteiger partial charge >= 0.3 is 0 Å². The molecule has 0 bridgehead atoms. The van der Waals surface area contributed by atoms with E-state index in [2.05, 4.69) is 15.9 Å². The first-order chi connectivity index (χ1) is 8.79. The van der Waals surface area contributed by atoms with Crippen LogP contribution in [0.25, 0.3) is 0 Å². The van der Waals surface area contributed by atoms with Crippen LogP contribution in [0.5, 0.6) is 0 Å². The van der Waals surface area contributed by atoms with E-state index >= 15 is 0 Å². The summed E-state index contributed by atoms with van der Waals surface area (Å²) < 4.78 is 25.9. The number of rotatable bonds is 4. The van der Waals surface area contributed by atoms with E-state index in [1.165, 1.54) is 12.1 Å². The highest BCUT2D eigenvalue weighted by Gasteiger charge is 2.38. The monoisotopic (exact) mass is 331 g/mol. The van der Waals surface area contributed by atoms with Gasteiger partial charge in [0.05, 0.1) is 4.32 Å². The molecule has 0 atom stereocenters. The normalized spacial score (nSPS) is 15.4. The van der Waals surface area contributed by atoms with Gasteiger partial charge in [0.25, 0.3) is 0 Å². The first-order valence-corrected chi connectivity index (χ1v) is 7.02. The molecule has 2 rings (SSSR count). The quantitative estimate of drug-likeness (QED) is 0.771. The molecule has 0 heterocycles. The Morgan fingerprint density at radius 3 is 2.53 bits per heavy atom. The van der Waals surface area contributed by atoms with E-state index in [0.29, 0.717) is 5.56 Å². The van der Waals surface area contributed by atoms with Crippen molar-refractivity contribution < 1.29 is 13.6 Å². The highest BCUT2D eigenvalue weighted by Crippen LogP contribution is 2.32. The molecule has 5 heteroatoms. The van der Waals surface area contributed by atoms with Gasteiger partial charge in [-0.15, -0.1) is 0 Å². The molecular weight excluding hydrogens is 316 g/mol. The fourth-order valence-electron chi connectivity index (χ4n) is 1.93. The van der Waals surface area contributed by atoms with Gasteiger partial charge in [0.2, 0.25) is 5.91 Å². The first-order valence-electron chi connectivity index (χ1n) is 6.23. The van der Waals surface area contributed by atoms with Gasteiger partial charge in [-0.25, -0.2) is 8.78 Å². The number of carbonyl (C=O) groups excluding carboxylic acids is 1. The molecule has 0 N–H and O–H groups in total. The molecule has 1 fully saturated rings. The summed E-state index contributed by atoms with van der Waals surface area (Å²) in [5, 5.41) is 0. The molecule has 1 amide bonds. The van der Waals surface area contributed by atoms with Gasteiger partial charge in [0.1, 0.15) is 11.6 Å². The smallest absolute Gasteiger partial charge is 0.239 e.